The molecule has 7 nitrogen and oxygen atoms in total. The summed E-state index contributed by atoms with van der Waals surface area (Å²) < 4.78 is 33.8. The van der Waals surface area contributed by atoms with E-state index in [1.807, 2.05) is 30.3 Å². The van der Waals surface area contributed by atoms with E-state index >= 15 is 0 Å². The summed E-state index contributed by atoms with van der Waals surface area (Å²) in [6.45, 7) is 4.47. The number of fused-ring (bicyclic) bond motifs is 1. The van der Waals surface area contributed by atoms with Crippen molar-refractivity contribution >= 4 is 56.6 Å². The van der Waals surface area contributed by atoms with Gasteiger partial charge in [0.1, 0.15) is 11.3 Å². The molecule has 0 spiro atoms. The topological polar surface area (TPSA) is 66.0 Å². The van der Waals surface area contributed by atoms with Gasteiger partial charge in [0.05, 0.1) is 23.8 Å². The Balaban J connectivity index is 0.00000304. The number of hydrogen-bond donors (Lipinski definition) is 0. The predicted octanol–water partition coefficient (Wildman–Crippen LogP) is 4.10. The second kappa shape index (κ2) is 11.6. The minimum atomic E-state index is -0.755. The molecule has 2 amide bonds. The molecule has 36 heavy (non-hydrogen) atoms. The Labute approximate surface area is 218 Å². The molecule has 11 heteroatoms. The maximum absolute atomic E-state index is 14.3. The zero-order chi connectivity index (χ0) is 24.4. The first-order valence-electron chi connectivity index (χ1n) is 11.7. The van der Waals surface area contributed by atoms with Crippen LogP contribution in [0.4, 0.5) is 19.6 Å². The van der Waals surface area contributed by atoms with E-state index < -0.39 is 17.6 Å². The monoisotopic (exact) mass is 536 g/mol. The highest BCUT2D eigenvalue weighted by Gasteiger charge is 2.38. The van der Waals surface area contributed by atoms with Crippen molar-refractivity contribution < 1.29 is 23.1 Å². The number of nitrogens with zero attached hydrogens (tertiary/aromatic N) is 4. The normalized spacial score (nSPS) is 18.4. The smallest absolute Gasteiger partial charge is 0.234 e. The quantitative estimate of drug-likeness (QED) is 0.455. The number of para-hydroxylation sites is 1. The molecule has 0 N–H and O–H groups in total. The van der Waals surface area contributed by atoms with Crippen LogP contribution in [0, 0.1) is 17.6 Å². The largest absolute Gasteiger partial charge is 0.379 e. The molecule has 1 atom stereocenters. The van der Waals surface area contributed by atoms with E-state index in [0.29, 0.717) is 36.0 Å². The van der Waals surface area contributed by atoms with Crippen LogP contribution in [0.2, 0.25) is 0 Å². The number of hydrogen-bond acceptors (Lipinski definition) is 6. The number of anilines is 2. The molecule has 2 aromatic carbocycles. The highest BCUT2D eigenvalue weighted by molar-refractivity contribution is 7.22. The molecule has 1 aromatic heterocycles. The van der Waals surface area contributed by atoms with Crippen molar-refractivity contribution in [3.63, 3.8) is 0 Å². The summed E-state index contributed by atoms with van der Waals surface area (Å²) in [5.74, 6) is -2.32. The van der Waals surface area contributed by atoms with Crippen molar-refractivity contribution in [2.24, 2.45) is 5.92 Å². The van der Waals surface area contributed by atoms with Crippen molar-refractivity contribution in [3.05, 3.63) is 54.1 Å². The number of aromatic nitrogens is 1. The molecule has 2 aliphatic rings. The van der Waals surface area contributed by atoms with E-state index in [4.69, 9.17) is 4.74 Å². The fraction of sp³-hybridized carbons (Fsp3) is 0.400. The average molecular weight is 537 g/mol. The van der Waals surface area contributed by atoms with Gasteiger partial charge in [0.2, 0.25) is 11.8 Å². The average Bonchev–Trinajstić information content (AvgIpc) is 3.46. The number of halogens is 3. The summed E-state index contributed by atoms with van der Waals surface area (Å²) in [7, 11) is 0. The Hall–Kier alpha value is -2.66. The van der Waals surface area contributed by atoms with Gasteiger partial charge in [-0.15, -0.1) is 12.4 Å². The lowest BCUT2D eigenvalue weighted by molar-refractivity contribution is -0.124. The highest BCUT2D eigenvalue weighted by Crippen LogP contribution is 2.34. The Kier molecular flexibility index (Phi) is 8.50. The van der Waals surface area contributed by atoms with E-state index in [2.05, 4.69) is 9.88 Å². The molecular formula is C25H27ClF2N4O3S. The number of thiazole rings is 1. The van der Waals surface area contributed by atoms with Gasteiger partial charge in [-0.05, 0) is 24.6 Å². The van der Waals surface area contributed by atoms with Crippen LogP contribution in [0.1, 0.15) is 12.8 Å². The van der Waals surface area contributed by atoms with Gasteiger partial charge in [-0.2, -0.15) is 0 Å². The number of rotatable bonds is 7. The number of benzene rings is 2. The van der Waals surface area contributed by atoms with Crippen molar-refractivity contribution in [3.8, 4) is 0 Å². The van der Waals surface area contributed by atoms with E-state index in [9.17, 15) is 18.4 Å². The van der Waals surface area contributed by atoms with Crippen molar-refractivity contribution in [1.82, 2.24) is 9.88 Å². The number of carbonyl (C=O) groups is 2. The molecule has 0 radical (unpaired) electrons. The summed E-state index contributed by atoms with van der Waals surface area (Å²) in [4.78, 5) is 36.2. The molecule has 2 aliphatic heterocycles. The minimum Gasteiger partial charge on any atom is -0.379 e. The summed E-state index contributed by atoms with van der Waals surface area (Å²) >= 11 is 1.09. The number of ether oxygens (including phenoxy) is 1. The first-order valence-corrected chi connectivity index (χ1v) is 12.5. The standard InChI is InChI=1S/C25H26F2N4O3S.ClH/c26-18-14-20(27)23-21(15-18)35-25(28-23)30(8-4-7-29-9-11-34-12-10-29)24(33)17-13-22(32)31(16-17)19-5-2-1-3-6-19;/h1-3,5-6,14-15,17H,4,7-13,16H2;1H. The number of carbonyl (C=O) groups excluding carboxylic acids is 2. The van der Waals surface area contributed by atoms with Gasteiger partial charge < -0.3 is 9.64 Å². The Bertz CT molecular complexity index is 1220. The van der Waals surface area contributed by atoms with Gasteiger partial charge in [0, 0.05) is 50.9 Å². The Morgan fingerprint density at radius 2 is 1.92 bits per heavy atom. The molecule has 0 saturated carbocycles. The van der Waals surface area contributed by atoms with E-state index in [0.717, 1.165) is 42.7 Å². The fourth-order valence-electron chi connectivity index (χ4n) is 4.59. The highest BCUT2D eigenvalue weighted by atomic mass is 35.5. The second-order valence-electron chi connectivity index (χ2n) is 8.77. The third kappa shape index (κ3) is 5.67. The number of morpholine rings is 1. The lowest BCUT2D eigenvalue weighted by Gasteiger charge is -2.28. The van der Waals surface area contributed by atoms with Crippen LogP contribution in [0.15, 0.2) is 42.5 Å². The molecule has 2 fully saturated rings. The first-order chi connectivity index (χ1) is 17.0. The summed E-state index contributed by atoms with van der Waals surface area (Å²) in [5, 5.41) is 0.321. The lowest BCUT2D eigenvalue weighted by Crippen LogP contribution is -2.41. The van der Waals surface area contributed by atoms with Gasteiger partial charge in [-0.1, -0.05) is 29.5 Å². The molecule has 0 bridgehead atoms. The first kappa shape index (κ1) is 26.4. The molecule has 0 aliphatic carbocycles. The molecule has 1 unspecified atom stereocenters. The fourth-order valence-corrected chi connectivity index (χ4v) is 5.63. The lowest BCUT2D eigenvalue weighted by atomic mass is 10.1. The van der Waals surface area contributed by atoms with E-state index in [1.165, 1.54) is 6.07 Å². The van der Waals surface area contributed by atoms with Crippen LogP contribution >= 0.6 is 23.7 Å². The third-order valence-electron chi connectivity index (χ3n) is 6.40. The minimum absolute atomic E-state index is 0. The maximum Gasteiger partial charge on any atom is 0.234 e. The molecular weight excluding hydrogens is 510 g/mol. The van der Waals surface area contributed by atoms with Crippen molar-refractivity contribution in [2.75, 3.05) is 55.7 Å². The summed E-state index contributed by atoms with van der Waals surface area (Å²) in [6, 6.07) is 11.3. The van der Waals surface area contributed by atoms with Crippen LogP contribution in [0.5, 0.6) is 0 Å². The van der Waals surface area contributed by atoms with Crippen LogP contribution < -0.4 is 9.80 Å². The molecule has 3 heterocycles. The second-order valence-corrected chi connectivity index (χ2v) is 9.78. The van der Waals surface area contributed by atoms with Gasteiger partial charge in [0.15, 0.2) is 10.9 Å². The summed E-state index contributed by atoms with van der Waals surface area (Å²) in [5.41, 5.74) is 0.801. The third-order valence-corrected chi connectivity index (χ3v) is 7.43. The molecule has 3 aromatic rings. The van der Waals surface area contributed by atoms with Crippen molar-refractivity contribution in [2.45, 2.75) is 12.8 Å². The Morgan fingerprint density at radius 3 is 2.67 bits per heavy atom. The van der Waals surface area contributed by atoms with Crippen molar-refractivity contribution in [1.29, 1.82) is 0 Å². The molecule has 5 rings (SSSR count). The van der Waals surface area contributed by atoms with Gasteiger partial charge in [0.25, 0.3) is 0 Å². The predicted molar refractivity (Wildman–Crippen MR) is 138 cm³/mol. The SMILES string of the molecule is Cl.O=C1CC(C(=O)N(CCCN2CCOCC2)c2nc3c(F)cc(F)cc3s2)CN1c1ccccc1. The van der Waals surface area contributed by atoms with Crippen LogP contribution in [-0.2, 0) is 14.3 Å². The van der Waals surface area contributed by atoms with Gasteiger partial charge in [-0.25, -0.2) is 13.8 Å². The van der Waals surface area contributed by atoms with E-state index in [-0.39, 0.29) is 42.7 Å². The van der Waals surface area contributed by atoms with Gasteiger partial charge >= 0.3 is 0 Å². The van der Waals surface area contributed by atoms with Crippen LogP contribution in [0.25, 0.3) is 10.2 Å². The zero-order valence-corrected chi connectivity index (χ0v) is 21.2. The van der Waals surface area contributed by atoms with E-state index in [1.54, 1.807) is 9.80 Å². The number of amides is 2. The van der Waals surface area contributed by atoms with Gasteiger partial charge in [-0.3, -0.25) is 19.4 Å². The zero-order valence-electron chi connectivity index (χ0n) is 19.6. The maximum atomic E-state index is 14.3. The van der Waals surface area contributed by atoms with Crippen LogP contribution in [-0.4, -0.2) is 67.6 Å². The molecule has 192 valence electrons. The Morgan fingerprint density at radius 1 is 1.17 bits per heavy atom. The van der Waals surface area contributed by atoms with Crippen LogP contribution in [0.3, 0.4) is 0 Å². The summed E-state index contributed by atoms with van der Waals surface area (Å²) in [6.07, 6.45) is 0.781. The molecule has 2 saturated heterocycles.